The zero-order valence-corrected chi connectivity index (χ0v) is 9.05. The molecule has 2 nitrogen and oxygen atoms in total. The Morgan fingerprint density at radius 2 is 2.23 bits per heavy atom. The van der Waals surface area contributed by atoms with Gasteiger partial charge in [-0.15, -0.1) is 0 Å². The number of nitrogens with zero attached hydrogens (tertiary/aromatic N) is 1. The second kappa shape index (κ2) is 5.25. The van der Waals surface area contributed by atoms with Crippen molar-refractivity contribution in [2.75, 3.05) is 7.11 Å². The molecule has 0 unspecified atom stereocenters. The Morgan fingerprint density at radius 3 is 2.77 bits per heavy atom. The van der Waals surface area contributed by atoms with E-state index in [1.807, 2.05) is 0 Å². The van der Waals surface area contributed by atoms with Crippen molar-refractivity contribution >= 4 is 5.90 Å². The van der Waals surface area contributed by atoms with Gasteiger partial charge in [-0.3, -0.25) is 4.99 Å². The lowest BCUT2D eigenvalue weighted by Gasteiger charge is -2.11. The van der Waals surface area contributed by atoms with Crippen molar-refractivity contribution in [1.82, 2.24) is 0 Å². The van der Waals surface area contributed by atoms with Crippen molar-refractivity contribution in [2.45, 2.75) is 52.0 Å². The number of methoxy groups -OCH3 is 1. The summed E-state index contributed by atoms with van der Waals surface area (Å²) < 4.78 is 5.17. The van der Waals surface area contributed by atoms with E-state index in [0.717, 1.165) is 12.3 Å². The minimum atomic E-state index is 0.529. The average molecular weight is 183 g/mol. The van der Waals surface area contributed by atoms with Crippen LogP contribution >= 0.6 is 0 Å². The van der Waals surface area contributed by atoms with Gasteiger partial charge in [0.25, 0.3) is 0 Å². The quantitative estimate of drug-likeness (QED) is 0.614. The third kappa shape index (κ3) is 3.02. The first-order valence-electron chi connectivity index (χ1n) is 5.38. The standard InChI is InChI=1S/C11H21NO/c1-4-5-6-7-10-9(2)8-11(12-10)13-3/h9-10H,4-8H2,1-3H3/t9-,10+/m1/s1. The van der Waals surface area contributed by atoms with Crippen LogP contribution in [0.2, 0.25) is 0 Å². The van der Waals surface area contributed by atoms with Gasteiger partial charge in [-0.05, 0) is 12.3 Å². The maximum Gasteiger partial charge on any atom is 0.183 e. The molecule has 0 aromatic carbocycles. The molecule has 1 aliphatic rings. The van der Waals surface area contributed by atoms with E-state index in [2.05, 4.69) is 18.8 Å². The van der Waals surface area contributed by atoms with Gasteiger partial charge in [-0.1, -0.05) is 33.1 Å². The predicted molar refractivity (Wildman–Crippen MR) is 56.2 cm³/mol. The molecule has 0 spiro atoms. The van der Waals surface area contributed by atoms with Crippen molar-refractivity contribution < 1.29 is 4.74 Å². The van der Waals surface area contributed by atoms with E-state index in [1.54, 1.807) is 7.11 Å². The fourth-order valence-corrected chi connectivity index (χ4v) is 1.86. The molecular weight excluding hydrogens is 162 g/mol. The van der Waals surface area contributed by atoms with Crippen LogP contribution in [0, 0.1) is 5.92 Å². The van der Waals surface area contributed by atoms with Crippen LogP contribution in [-0.4, -0.2) is 19.0 Å². The minimum Gasteiger partial charge on any atom is -0.484 e. The maximum absolute atomic E-state index is 5.17. The molecule has 0 aromatic rings. The third-order valence-corrected chi connectivity index (χ3v) is 2.80. The first kappa shape index (κ1) is 10.6. The molecule has 0 amide bonds. The van der Waals surface area contributed by atoms with Gasteiger partial charge in [0.05, 0.1) is 13.2 Å². The third-order valence-electron chi connectivity index (χ3n) is 2.80. The first-order valence-corrected chi connectivity index (χ1v) is 5.38. The van der Waals surface area contributed by atoms with E-state index in [0.29, 0.717) is 12.0 Å². The fourth-order valence-electron chi connectivity index (χ4n) is 1.86. The highest BCUT2D eigenvalue weighted by atomic mass is 16.5. The topological polar surface area (TPSA) is 21.6 Å². The largest absolute Gasteiger partial charge is 0.484 e. The van der Waals surface area contributed by atoms with Crippen LogP contribution in [0.1, 0.15) is 46.0 Å². The van der Waals surface area contributed by atoms with Crippen molar-refractivity contribution in [3.8, 4) is 0 Å². The Labute approximate surface area is 81.4 Å². The SMILES string of the molecule is CCCCC[C@@H]1N=C(OC)C[C@H]1C. The molecule has 2 heteroatoms. The summed E-state index contributed by atoms with van der Waals surface area (Å²) in [6.45, 7) is 4.51. The molecule has 1 rings (SSSR count). The normalized spacial score (nSPS) is 27.5. The Hall–Kier alpha value is -0.530. The highest BCUT2D eigenvalue weighted by molar-refractivity contribution is 5.78. The maximum atomic E-state index is 5.17. The summed E-state index contributed by atoms with van der Waals surface area (Å²) in [5.41, 5.74) is 0. The van der Waals surface area contributed by atoms with Crippen molar-refractivity contribution in [3.63, 3.8) is 0 Å². The molecule has 0 saturated carbocycles. The fraction of sp³-hybridized carbons (Fsp3) is 0.909. The summed E-state index contributed by atoms with van der Waals surface area (Å²) in [4.78, 5) is 4.55. The molecule has 0 aliphatic carbocycles. The van der Waals surface area contributed by atoms with E-state index in [4.69, 9.17) is 4.74 Å². The molecular formula is C11H21NO. The van der Waals surface area contributed by atoms with Crippen LogP contribution in [0.25, 0.3) is 0 Å². The highest BCUT2D eigenvalue weighted by Gasteiger charge is 2.25. The van der Waals surface area contributed by atoms with E-state index < -0.39 is 0 Å². The second-order valence-electron chi connectivity index (χ2n) is 3.97. The van der Waals surface area contributed by atoms with Gasteiger partial charge < -0.3 is 4.74 Å². The molecule has 0 N–H and O–H groups in total. The van der Waals surface area contributed by atoms with Gasteiger partial charge in [0.1, 0.15) is 0 Å². The van der Waals surface area contributed by atoms with Crippen LogP contribution in [0.3, 0.4) is 0 Å². The van der Waals surface area contributed by atoms with Crippen LogP contribution < -0.4 is 0 Å². The monoisotopic (exact) mass is 183 g/mol. The van der Waals surface area contributed by atoms with E-state index in [9.17, 15) is 0 Å². The number of hydrogen-bond acceptors (Lipinski definition) is 2. The lowest BCUT2D eigenvalue weighted by atomic mass is 9.97. The summed E-state index contributed by atoms with van der Waals surface area (Å²) in [6.07, 6.45) is 6.21. The average Bonchev–Trinajstić information content (AvgIpc) is 2.48. The zero-order chi connectivity index (χ0) is 9.68. The number of ether oxygens (including phenoxy) is 1. The molecule has 0 fully saturated rings. The van der Waals surface area contributed by atoms with Crippen LogP contribution in [-0.2, 0) is 4.74 Å². The van der Waals surface area contributed by atoms with Gasteiger partial charge >= 0.3 is 0 Å². The molecule has 1 heterocycles. The second-order valence-corrected chi connectivity index (χ2v) is 3.97. The summed E-state index contributed by atoms with van der Waals surface area (Å²) in [6, 6.07) is 0.529. The molecule has 13 heavy (non-hydrogen) atoms. The molecule has 1 aliphatic heterocycles. The Kier molecular flexibility index (Phi) is 4.26. The summed E-state index contributed by atoms with van der Waals surface area (Å²) in [7, 11) is 1.72. The van der Waals surface area contributed by atoms with Gasteiger partial charge in [0.2, 0.25) is 0 Å². The van der Waals surface area contributed by atoms with Crippen LogP contribution in [0.4, 0.5) is 0 Å². The van der Waals surface area contributed by atoms with Gasteiger partial charge in [-0.25, -0.2) is 0 Å². The van der Waals surface area contributed by atoms with Gasteiger partial charge in [0.15, 0.2) is 5.90 Å². The van der Waals surface area contributed by atoms with Crippen LogP contribution in [0.5, 0.6) is 0 Å². The summed E-state index contributed by atoms with van der Waals surface area (Å²) in [5.74, 6) is 1.64. The molecule has 2 atom stereocenters. The van der Waals surface area contributed by atoms with E-state index in [1.165, 1.54) is 25.7 Å². The lowest BCUT2D eigenvalue weighted by Crippen LogP contribution is -2.10. The first-order chi connectivity index (χ1) is 6.27. The minimum absolute atomic E-state index is 0.529. The van der Waals surface area contributed by atoms with Gasteiger partial charge in [0, 0.05) is 6.42 Å². The molecule has 0 saturated heterocycles. The Balaban J connectivity index is 2.28. The number of unbranched alkanes of at least 4 members (excludes halogenated alkanes) is 2. The Morgan fingerprint density at radius 1 is 1.46 bits per heavy atom. The predicted octanol–water partition coefficient (Wildman–Crippen LogP) is 3.02. The van der Waals surface area contributed by atoms with Crippen molar-refractivity contribution in [1.29, 1.82) is 0 Å². The number of hydrogen-bond donors (Lipinski definition) is 0. The summed E-state index contributed by atoms with van der Waals surface area (Å²) >= 11 is 0. The Bertz CT molecular complexity index is 177. The molecule has 0 radical (unpaired) electrons. The molecule has 76 valence electrons. The summed E-state index contributed by atoms with van der Waals surface area (Å²) in [5, 5.41) is 0. The highest BCUT2D eigenvalue weighted by Crippen LogP contribution is 2.25. The smallest absolute Gasteiger partial charge is 0.183 e. The lowest BCUT2D eigenvalue weighted by molar-refractivity contribution is 0.390. The van der Waals surface area contributed by atoms with Crippen LogP contribution in [0.15, 0.2) is 4.99 Å². The van der Waals surface area contributed by atoms with E-state index in [-0.39, 0.29) is 0 Å². The van der Waals surface area contributed by atoms with Crippen molar-refractivity contribution in [2.24, 2.45) is 10.9 Å². The zero-order valence-electron chi connectivity index (χ0n) is 9.05. The molecule has 0 bridgehead atoms. The van der Waals surface area contributed by atoms with Gasteiger partial charge in [-0.2, -0.15) is 0 Å². The van der Waals surface area contributed by atoms with Crippen molar-refractivity contribution in [3.05, 3.63) is 0 Å². The van der Waals surface area contributed by atoms with E-state index >= 15 is 0 Å². The number of rotatable bonds is 4. The number of aliphatic imine (C=N–C) groups is 1. The molecule has 0 aromatic heterocycles.